The predicted molar refractivity (Wildman–Crippen MR) is 107 cm³/mol. The van der Waals surface area contributed by atoms with E-state index in [4.69, 9.17) is 28.3 Å². The van der Waals surface area contributed by atoms with E-state index in [9.17, 15) is 4.79 Å². The Morgan fingerprint density at radius 2 is 1.92 bits per heavy atom. The van der Waals surface area contributed by atoms with Gasteiger partial charge in [-0.3, -0.25) is 4.90 Å². The minimum atomic E-state index is -0.975. The molecule has 146 valence electrons. The SMILES string of the molecule is CC(C)(C)C(CNC(=O)O)NC1CCN(Cc2ccc(Cl)c(Cl)c2)CC1. The van der Waals surface area contributed by atoms with E-state index in [0.29, 0.717) is 22.6 Å². The molecular weight excluding hydrogens is 373 g/mol. The summed E-state index contributed by atoms with van der Waals surface area (Å²) in [6, 6.07) is 6.30. The number of benzene rings is 1. The van der Waals surface area contributed by atoms with Gasteiger partial charge in [0.1, 0.15) is 0 Å². The van der Waals surface area contributed by atoms with E-state index in [1.54, 1.807) is 0 Å². The van der Waals surface area contributed by atoms with E-state index >= 15 is 0 Å². The molecule has 0 saturated carbocycles. The summed E-state index contributed by atoms with van der Waals surface area (Å²) in [4.78, 5) is 13.2. The first kappa shape index (κ1) is 21.3. The summed E-state index contributed by atoms with van der Waals surface area (Å²) in [5.41, 5.74) is 1.16. The van der Waals surface area contributed by atoms with Crippen LogP contribution in [0.4, 0.5) is 4.79 Å². The van der Waals surface area contributed by atoms with Crippen LogP contribution in [0.1, 0.15) is 39.2 Å². The fraction of sp³-hybridized carbons (Fsp3) is 0.632. The molecule has 1 unspecified atom stereocenters. The van der Waals surface area contributed by atoms with Crippen molar-refractivity contribution in [2.24, 2.45) is 5.41 Å². The van der Waals surface area contributed by atoms with Crippen molar-refractivity contribution in [3.63, 3.8) is 0 Å². The van der Waals surface area contributed by atoms with Gasteiger partial charge in [0.15, 0.2) is 0 Å². The Balaban J connectivity index is 1.84. The molecule has 1 atom stereocenters. The van der Waals surface area contributed by atoms with Crippen molar-refractivity contribution in [1.29, 1.82) is 0 Å². The molecule has 1 aromatic rings. The monoisotopic (exact) mass is 401 g/mol. The number of likely N-dealkylation sites (tertiary alicyclic amines) is 1. The van der Waals surface area contributed by atoms with Crippen LogP contribution < -0.4 is 10.6 Å². The molecule has 0 aliphatic carbocycles. The van der Waals surface area contributed by atoms with Crippen LogP contribution in [0.15, 0.2) is 18.2 Å². The fourth-order valence-electron chi connectivity index (χ4n) is 3.24. The molecule has 7 heteroatoms. The zero-order valence-electron chi connectivity index (χ0n) is 15.7. The highest BCUT2D eigenvalue weighted by Gasteiger charge is 2.29. The van der Waals surface area contributed by atoms with Crippen molar-refractivity contribution < 1.29 is 9.90 Å². The van der Waals surface area contributed by atoms with Crippen molar-refractivity contribution in [3.8, 4) is 0 Å². The van der Waals surface area contributed by atoms with E-state index in [1.165, 1.54) is 5.56 Å². The molecule has 5 nitrogen and oxygen atoms in total. The van der Waals surface area contributed by atoms with E-state index in [-0.39, 0.29) is 11.5 Å². The summed E-state index contributed by atoms with van der Waals surface area (Å²) < 4.78 is 0. The number of amides is 1. The van der Waals surface area contributed by atoms with Crippen molar-refractivity contribution in [3.05, 3.63) is 33.8 Å². The van der Waals surface area contributed by atoms with Gasteiger partial charge in [-0.2, -0.15) is 0 Å². The molecule has 26 heavy (non-hydrogen) atoms. The predicted octanol–water partition coefficient (Wildman–Crippen LogP) is 4.23. The molecule has 1 aliphatic rings. The lowest BCUT2D eigenvalue weighted by atomic mass is 9.85. The van der Waals surface area contributed by atoms with Gasteiger partial charge in [-0.25, -0.2) is 4.79 Å². The minimum Gasteiger partial charge on any atom is -0.465 e. The first-order valence-corrected chi connectivity index (χ1v) is 9.80. The molecule has 3 N–H and O–H groups in total. The molecule has 1 aliphatic heterocycles. The molecule has 0 radical (unpaired) electrons. The first-order chi connectivity index (χ1) is 12.1. The van der Waals surface area contributed by atoms with Gasteiger partial charge in [0.05, 0.1) is 10.0 Å². The lowest BCUT2D eigenvalue weighted by molar-refractivity contribution is 0.156. The molecule has 1 amide bonds. The van der Waals surface area contributed by atoms with Crippen LogP contribution in [0, 0.1) is 5.41 Å². The van der Waals surface area contributed by atoms with Crippen LogP contribution in [0.3, 0.4) is 0 Å². The van der Waals surface area contributed by atoms with E-state index in [2.05, 4.69) is 36.3 Å². The standard InChI is InChI=1S/C19H29Cl2N3O2/c1-19(2,3)17(11-22-18(25)26)23-14-6-8-24(9-7-14)12-13-4-5-15(20)16(21)10-13/h4-5,10,14,17,22-23H,6-9,11-12H2,1-3H3,(H,25,26). The van der Waals surface area contributed by atoms with Gasteiger partial charge in [-0.1, -0.05) is 50.0 Å². The first-order valence-electron chi connectivity index (χ1n) is 9.04. The van der Waals surface area contributed by atoms with Gasteiger partial charge >= 0.3 is 6.09 Å². The van der Waals surface area contributed by atoms with Crippen molar-refractivity contribution in [1.82, 2.24) is 15.5 Å². The maximum Gasteiger partial charge on any atom is 0.404 e. The number of hydrogen-bond acceptors (Lipinski definition) is 3. The summed E-state index contributed by atoms with van der Waals surface area (Å²) in [5, 5.41) is 16.2. The minimum absolute atomic E-state index is 0.0142. The molecule has 1 fully saturated rings. The second kappa shape index (κ2) is 9.27. The zero-order valence-corrected chi connectivity index (χ0v) is 17.2. The van der Waals surface area contributed by atoms with Crippen LogP contribution in [-0.2, 0) is 6.54 Å². The molecule has 0 aromatic heterocycles. The quantitative estimate of drug-likeness (QED) is 0.666. The molecule has 2 rings (SSSR count). The topological polar surface area (TPSA) is 64.6 Å². The number of rotatable bonds is 6. The number of carboxylic acid groups (broad SMARTS) is 1. The highest BCUT2D eigenvalue weighted by Crippen LogP contribution is 2.25. The highest BCUT2D eigenvalue weighted by molar-refractivity contribution is 6.42. The van der Waals surface area contributed by atoms with Gasteiger partial charge in [-0.15, -0.1) is 0 Å². The summed E-state index contributed by atoms with van der Waals surface area (Å²) >= 11 is 12.1. The normalized spacial score (nSPS) is 17.9. The second-order valence-electron chi connectivity index (χ2n) is 8.07. The number of nitrogens with one attached hydrogen (secondary N) is 2. The Kier molecular flexibility index (Phi) is 7.59. The average Bonchev–Trinajstić information content (AvgIpc) is 2.55. The average molecular weight is 402 g/mol. The zero-order chi connectivity index (χ0) is 19.3. The maximum atomic E-state index is 10.8. The Labute approximate surface area is 166 Å². The van der Waals surface area contributed by atoms with Crippen LogP contribution in [0.5, 0.6) is 0 Å². The van der Waals surface area contributed by atoms with Crippen molar-refractivity contribution >= 4 is 29.3 Å². The lowest BCUT2D eigenvalue weighted by Gasteiger charge is -2.38. The summed E-state index contributed by atoms with van der Waals surface area (Å²) in [6.07, 6.45) is 1.11. The van der Waals surface area contributed by atoms with Gasteiger partial charge < -0.3 is 15.7 Å². The molecular formula is C19H29Cl2N3O2. The number of hydrogen-bond donors (Lipinski definition) is 3. The van der Waals surface area contributed by atoms with Gasteiger partial charge in [0.25, 0.3) is 0 Å². The Hall–Kier alpha value is -1.01. The lowest BCUT2D eigenvalue weighted by Crippen LogP contribution is -2.54. The molecule has 0 bridgehead atoms. The molecule has 1 heterocycles. The van der Waals surface area contributed by atoms with Crippen molar-refractivity contribution in [2.45, 2.75) is 52.2 Å². The third kappa shape index (κ3) is 6.62. The largest absolute Gasteiger partial charge is 0.465 e. The number of nitrogens with zero attached hydrogens (tertiary/aromatic N) is 1. The van der Waals surface area contributed by atoms with Gasteiger partial charge in [0, 0.05) is 25.2 Å². The van der Waals surface area contributed by atoms with Gasteiger partial charge in [-0.05, 0) is 49.0 Å². The Bertz CT molecular complexity index is 611. The van der Waals surface area contributed by atoms with Crippen LogP contribution >= 0.6 is 23.2 Å². The Morgan fingerprint density at radius 3 is 2.46 bits per heavy atom. The fourth-order valence-corrected chi connectivity index (χ4v) is 3.56. The number of carbonyl (C=O) groups is 1. The summed E-state index contributed by atoms with van der Waals surface area (Å²) in [7, 11) is 0. The number of halogens is 2. The molecule has 1 aromatic carbocycles. The van der Waals surface area contributed by atoms with Crippen LogP contribution in [-0.4, -0.2) is 47.8 Å². The van der Waals surface area contributed by atoms with E-state index < -0.39 is 6.09 Å². The Morgan fingerprint density at radius 1 is 1.27 bits per heavy atom. The third-order valence-electron chi connectivity index (χ3n) is 4.92. The highest BCUT2D eigenvalue weighted by atomic mass is 35.5. The molecule has 1 saturated heterocycles. The smallest absolute Gasteiger partial charge is 0.404 e. The van der Waals surface area contributed by atoms with E-state index in [0.717, 1.165) is 32.5 Å². The third-order valence-corrected chi connectivity index (χ3v) is 5.66. The van der Waals surface area contributed by atoms with Crippen LogP contribution in [0.2, 0.25) is 10.0 Å². The second-order valence-corrected chi connectivity index (χ2v) is 8.88. The summed E-state index contributed by atoms with van der Waals surface area (Å²) in [6.45, 7) is 9.69. The van der Waals surface area contributed by atoms with E-state index in [1.807, 2.05) is 18.2 Å². The van der Waals surface area contributed by atoms with Gasteiger partial charge in [0.2, 0.25) is 0 Å². The van der Waals surface area contributed by atoms with Crippen LogP contribution in [0.25, 0.3) is 0 Å². The summed E-state index contributed by atoms with van der Waals surface area (Å²) in [5.74, 6) is 0. The maximum absolute atomic E-state index is 10.8. The van der Waals surface area contributed by atoms with Crippen molar-refractivity contribution in [2.75, 3.05) is 19.6 Å². The molecule has 0 spiro atoms. The number of piperidine rings is 1.